The van der Waals surface area contributed by atoms with E-state index in [-0.39, 0.29) is 5.97 Å². The van der Waals surface area contributed by atoms with Crippen molar-refractivity contribution in [1.29, 1.82) is 0 Å². The molecule has 0 aliphatic carbocycles. The minimum atomic E-state index is -0.363. The molecule has 3 aromatic rings. The summed E-state index contributed by atoms with van der Waals surface area (Å²) in [5.41, 5.74) is 5.79. The van der Waals surface area contributed by atoms with Crippen molar-refractivity contribution in [2.24, 2.45) is 0 Å². The quantitative estimate of drug-likeness (QED) is 0.457. The van der Waals surface area contributed by atoms with Crippen molar-refractivity contribution in [2.45, 2.75) is 20.4 Å². The first-order chi connectivity index (χ1) is 13.5. The predicted molar refractivity (Wildman–Crippen MR) is 109 cm³/mol. The van der Waals surface area contributed by atoms with Gasteiger partial charge in [0.1, 0.15) is 5.75 Å². The standard InChI is InChI=1S/C23H22N2O3/c1-15-21(18-8-10-19(24-3)11-9-18)22(23(26)28-5)16(2)25(15)14-17-6-12-20(27-4)13-7-17/h6-13H,14H2,1-2,4-5H3. The van der Waals surface area contributed by atoms with Gasteiger partial charge in [-0.1, -0.05) is 36.4 Å². The van der Waals surface area contributed by atoms with Crippen molar-refractivity contribution >= 4 is 11.7 Å². The smallest absolute Gasteiger partial charge is 0.340 e. The monoisotopic (exact) mass is 374 g/mol. The molecule has 5 heteroatoms. The van der Waals surface area contributed by atoms with E-state index in [1.807, 2.05) is 50.2 Å². The van der Waals surface area contributed by atoms with E-state index in [1.165, 1.54) is 7.11 Å². The Bertz CT molecular complexity index is 1040. The van der Waals surface area contributed by atoms with Crippen molar-refractivity contribution < 1.29 is 14.3 Å². The number of nitrogens with zero attached hydrogens (tertiary/aromatic N) is 2. The van der Waals surface area contributed by atoms with Crippen LogP contribution in [0.15, 0.2) is 48.5 Å². The number of rotatable bonds is 5. The fourth-order valence-electron chi connectivity index (χ4n) is 3.44. The molecule has 0 atom stereocenters. The molecule has 0 bridgehead atoms. The normalized spacial score (nSPS) is 10.4. The summed E-state index contributed by atoms with van der Waals surface area (Å²) >= 11 is 0. The lowest BCUT2D eigenvalue weighted by Gasteiger charge is -2.11. The number of benzene rings is 2. The zero-order valence-corrected chi connectivity index (χ0v) is 16.4. The summed E-state index contributed by atoms with van der Waals surface area (Å²) in [6, 6.07) is 15.2. The highest BCUT2D eigenvalue weighted by Crippen LogP contribution is 2.34. The second-order valence-electron chi connectivity index (χ2n) is 6.51. The second kappa shape index (κ2) is 8.01. The lowest BCUT2D eigenvalue weighted by molar-refractivity contribution is 0.0600. The maximum absolute atomic E-state index is 12.6. The first kappa shape index (κ1) is 19.2. The van der Waals surface area contributed by atoms with E-state index >= 15 is 0 Å². The molecular formula is C23H22N2O3. The van der Waals surface area contributed by atoms with Crippen LogP contribution in [0, 0.1) is 20.4 Å². The van der Waals surface area contributed by atoms with E-state index in [0.717, 1.165) is 33.8 Å². The molecule has 1 aromatic heterocycles. The van der Waals surface area contributed by atoms with Crippen LogP contribution in [0.3, 0.4) is 0 Å². The third-order valence-electron chi connectivity index (χ3n) is 4.96. The Labute approximate surface area is 165 Å². The average Bonchev–Trinajstić information content (AvgIpc) is 2.98. The van der Waals surface area contributed by atoms with Crippen molar-refractivity contribution in [3.05, 3.63) is 82.5 Å². The predicted octanol–water partition coefficient (Wildman–Crippen LogP) is 5.17. The molecule has 0 amide bonds. The largest absolute Gasteiger partial charge is 0.497 e. The summed E-state index contributed by atoms with van der Waals surface area (Å²) < 4.78 is 12.4. The lowest BCUT2D eigenvalue weighted by Crippen LogP contribution is -2.07. The Morgan fingerprint density at radius 3 is 2.18 bits per heavy atom. The molecule has 3 rings (SSSR count). The van der Waals surface area contributed by atoms with E-state index in [4.69, 9.17) is 16.0 Å². The second-order valence-corrected chi connectivity index (χ2v) is 6.51. The van der Waals surface area contributed by atoms with Crippen LogP contribution in [0.1, 0.15) is 27.3 Å². The van der Waals surface area contributed by atoms with Gasteiger partial charge in [0.2, 0.25) is 0 Å². The number of methoxy groups -OCH3 is 2. The fourth-order valence-corrected chi connectivity index (χ4v) is 3.44. The maximum Gasteiger partial charge on any atom is 0.340 e. The summed E-state index contributed by atoms with van der Waals surface area (Å²) in [5, 5.41) is 0. The Morgan fingerprint density at radius 1 is 1.00 bits per heavy atom. The van der Waals surface area contributed by atoms with Crippen LogP contribution >= 0.6 is 0 Å². The third-order valence-corrected chi connectivity index (χ3v) is 4.96. The van der Waals surface area contributed by atoms with Crippen molar-refractivity contribution in [2.75, 3.05) is 14.2 Å². The van der Waals surface area contributed by atoms with Gasteiger partial charge >= 0.3 is 5.97 Å². The van der Waals surface area contributed by atoms with Crippen LogP contribution in [-0.2, 0) is 11.3 Å². The van der Waals surface area contributed by atoms with Gasteiger partial charge in [-0.2, -0.15) is 0 Å². The Kier molecular flexibility index (Phi) is 5.51. The van der Waals surface area contributed by atoms with Crippen LogP contribution in [0.4, 0.5) is 5.69 Å². The number of ether oxygens (including phenoxy) is 2. The third kappa shape index (κ3) is 3.49. The molecule has 0 aliphatic rings. The molecule has 0 N–H and O–H groups in total. The molecule has 1 heterocycles. The maximum atomic E-state index is 12.6. The first-order valence-electron chi connectivity index (χ1n) is 8.89. The van der Waals surface area contributed by atoms with Gasteiger partial charge in [-0.15, -0.1) is 0 Å². The molecule has 0 aliphatic heterocycles. The fraction of sp³-hybridized carbons (Fsp3) is 0.217. The van der Waals surface area contributed by atoms with Gasteiger partial charge in [0.05, 0.1) is 26.4 Å². The van der Waals surface area contributed by atoms with E-state index in [2.05, 4.69) is 9.41 Å². The summed E-state index contributed by atoms with van der Waals surface area (Å²) in [5.74, 6) is 0.443. The van der Waals surface area contributed by atoms with Gasteiger partial charge in [-0.25, -0.2) is 9.64 Å². The van der Waals surface area contributed by atoms with E-state index in [9.17, 15) is 4.79 Å². The average molecular weight is 374 g/mol. The highest BCUT2D eigenvalue weighted by Gasteiger charge is 2.24. The SMILES string of the molecule is [C-]#[N+]c1ccc(-c2c(C(=O)OC)c(C)n(Cc3ccc(OC)cc3)c2C)cc1. The van der Waals surface area contributed by atoms with Gasteiger partial charge in [-0.3, -0.25) is 0 Å². The Hall–Kier alpha value is -3.52. The van der Waals surface area contributed by atoms with E-state index in [1.54, 1.807) is 19.2 Å². The van der Waals surface area contributed by atoms with Crippen LogP contribution in [0.5, 0.6) is 5.75 Å². The highest BCUT2D eigenvalue weighted by molar-refractivity contribution is 5.99. The molecule has 0 spiro atoms. The van der Waals surface area contributed by atoms with E-state index < -0.39 is 0 Å². The molecule has 0 saturated carbocycles. The minimum Gasteiger partial charge on any atom is -0.497 e. The minimum absolute atomic E-state index is 0.363. The lowest BCUT2D eigenvalue weighted by atomic mass is 10.0. The molecule has 142 valence electrons. The van der Waals surface area contributed by atoms with Crippen LogP contribution in [0.25, 0.3) is 16.0 Å². The summed E-state index contributed by atoms with van der Waals surface area (Å²) in [6.45, 7) is 11.7. The van der Waals surface area contributed by atoms with Crippen molar-refractivity contribution in [3.8, 4) is 16.9 Å². The number of esters is 1. The Balaban J connectivity index is 2.11. The molecular weight excluding hydrogens is 352 g/mol. The van der Waals surface area contributed by atoms with Crippen molar-refractivity contribution in [3.63, 3.8) is 0 Å². The van der Waals surface area contributed by atoms with Crippen LogP contribution < -0.4 is 4.74 Å². The molecule has 0 radical (unpaired) electrons. The van der Waals surface area contributed by atoms with Gasteiger partial charge < -0.3 is 14.0 Å². The number of aromatic nitrogens is 1. The highest BCUT2D eigenvalue weighted by atomic mass is 16.5. The number of carbonyl (C=O) groups excluding carboxylic acids is 1. The van der Waals surface area contributed by atoms with Crippen molar-refractivity contribution in [1.82, 2.24) is 4.57 Å². The summed E-state index contributed by atoms with van der Waals surface area (Å²) in [4.78, 5) is 16.0. The zero-order valence-electron chi connectivity index (χ0n) is 16.4. The molecule has 0 fully saturated rings. The molecule has 5 nitrogen and oxygen atoms in total. The molecule has 2 aromatic carbocycles. The zero-order chi connectivity index (χ0) is 20.3. The van der Waals surface area contributed by atoms with Gasteiger partial charge in [0.15, 0.2) is 5.69 Å². The van der Waals surface area contributed by atoms with Crippen LogP contribution in [-0.4, -0.2) is 24.8 Å². The molecule has 28 heavy (non-hydrogen) atoms. The van der Waals surface area contributed by atoms with E-state index in [0.29, 0.717) is 17.8 Å². The van der Waals surface area contributed by atoms with Gasteiger partial charge in [-0.05, 0) is 37.1 Å². The molecule has 0 saturated heterocycles. The summed E-state index contributed by atoms with van der Waals surface area (Å²) in [7, 11) is 3.03. The topological polar surface area (TPSA) is 44.8 Å². The Morgan fingerprint density at radius 2 is 1.64 bits per heavy atom. The van der Waals surface area contributed by atoms with Gasteiger partial charge in [0, 0.05) is 23.5 Å². The molecule has 0 unspecified atom stereocenters. The number of hydrogen-bond donors (Lipinski definition) is 0. The number of hydrogen-bond acceptors (Lipinski definition) is 3. The first-order valence-corrected chi connectivity index (χ1v) is 8.89. The number of carbonyl (C=O) groups is 1. The summed E-state index contributed by atoms with van der Waals surface area (Å²) in [6.07, 6.45) is 0. The van der Waals surface area contributed by atoms with Crippen LogP contribution in [0.2, 0.25) is 0 Å². The van der Waals surface area contributed by atoms with Gasteiger partial charge in [0.25, 0.3) is 0 Å².